The molecule has 0 aliphatic carbocycles. The lowest BCUT2D eigenvalue weighted by Gasteiger charge is -2.09. The second-order valence-electron chi connectivity index (χ2n) is 2.90. The van der Waals surface area contributed by atoms with E-state index in [0.717, 1.165) is 0 Å². The Hall–Kier alpha value is -1.61. The number of carbonyl (C=O) groups excluding carboxylic acids is 1. The molecule has 2 N–H and O–H groups in total. The zero-order valence-corrected chi connectivity index (χ0v) is 7.40. The van der Waals surface area contributed by atoms with Gasteiger partial charge in [-0.05, 0) is 12.8 Å². The third kappa shape index (κ3) is 2.44. The number of ether oxygens (including phenoxy) is 1. The van der Waals surface area contributed by atoms with Gasteiger partial charge in [0.05, 0.1) is 6.07 Å². The molecule has 76 valence electrons. The van der Waals surface area contributed by atoms with Crippen LogP contribution in [0.1, 0.15) is 12.8 Å². The minimum absolute atomic E-state index is 0.0869. The van der Waals surface area contributed by atoms with Gasteiger partial charge in [-0.3, -0.25) is 4.79 Å². The van der Waals surface area contributed by atoms with Gasteiger partial charge < -0.3 is 15.2 Å². The molecule has 1 rings (SSSR count). The quantitative estimate of drug-likeness (QED) is 0.582. The highest BCUT2D eigenvalue weighted by atomic mass is 16.5. The number of amides is 1. The number of hydrogen-bond acceptors (Lipinski definition) is 4. The van der Waals surface area contributed by atoms with Crippen molar-refractivity contribution in [3.63, 3.8) is 0 Å². The highest BCUT2D eigenvalue weighted by Gasteiger charge is 2.34. The molecule has 1 aliphatic heterocycles. The number of hydrogen-bond donors (Lipinski definition) is 2. The second kappa shape index (κ2) is 4.58. The van der Waals surface area contributed by atoms with Crippen molar-refractivity contribution in [1.29, 1.82) is 5.26 Å². The molecule has 0 aromatic carbocycles. The molecule has 0 aromatic rings. The number of nitrogens with zero attached hydrogens (tertiary/aromatic N) is 1. The Labute approximate surface area is 80.5 Å². The van der Waals surface area contributed by atoms with Gasteiger partial charge in [0.1, 0.15) is 12.6 Å². The SMILES string of the molecule is N#CCNC(=O)C1CCC(C(=O)O)O1. The normalized spacial score (nSPS) is 25.4. The van der Waals surface area contributed by atoms with Crippen LogP contribution in [0, 0.1) is 11.3 Å². The molecule has 1 saturated heterocycles. The van der Waals surface area contributed by atoms with Crippen molar-refractivity contribution in [1.82, 2.24) is 5.32 Å². The first kappa shape index (κ1) is 10.5. The van der Waals surface area contributed by atoms with Gasteiger partial charge in [-0.15, -0.1) is 0 Å². The van der Waals surface area contributed by atoms with Crippen LogP contribution in [0.5, 0.6) is 0 Å². The molecular weight excluding hydrogens is 188 g/mol. The minimum Gasteiger partial charge on any atom is -0.479 e. The minimum atomic E-state index is -1.06. The van der Waals surface area contributed by atoms with Crippen molar-refractivity contribution in [2.24, 2.45) is 0 Å². The van der Waals surface area contributed by atoms with Crippen LogP contribution in [0.4, 0.5) is 0 Å². The van der Waals surface area contributed by atoms with Crippen molar-refractivity contribution < 1.29 is 19.4 Å². The van der Waals surface area contributed by atoms with E-state index in [9.17, 15) is 9.59 Å². The Morgan fingerprint density at radius 3 is 2.64 bits per heavy atom. The lowest BCUT2D eigenvalue weighted by atomic mass is 10.2. The highest BCUT2D eigenvalue weighted by molar-refractivity contribution is 5.82. The van der Waals surface area contributed by atoms with Crippen LogP contribution in [-0.4, -0.2) is 35.7 Å². The summed E-state index contributed by atoms with van der Waals surface area (Å²) in [7, 11) is 0. The summed E-state index contributed by atoms with van der Waals surface area (Å²) in [5, 5.41) is 19.1. The summed E-state index contributed by atoms with van der Waals surface area (Å²) < 4.78 is 4.96. The largest absolute Gasteiger partial charge is 0.479 e. The maximum absolute atomic E-state index is 11.2. The molecule has 0 saturated carbocycles. The van der Waals surface area contributed by atoms with Crippen molar-refractivity contribution in [2.45, 2.75) is 25.0 Å². The van der Waals surface area contributed by atoms with E-state index in [4.69, 9.17) is 15.1 Å². The van der Waals surface area contributed by atoms with E-state index in [1.165, 1.54) is 0 Å². The fraction of sp³-hybridized carbons (Fsp3) is 0.625. The maximum Gasteiger partial charge on any atom is 0.332 e. The molecule has 1 aliphatic rings. The summed E-state index contributed by atoms with van der Waals surface area (Å²) >= 11 is 0. The van der Waals surface area contributed by atoms with Crippen LogP contribution in [0.25, 0.3) is 0 Å². The standard InChI is InChI=1S/C8H10N2O4/c9-3-4-10-7(11)5-1-2-6(14-5)8(12)13/h5-6H,1-2,4H2,(H,10,11)(H,12,13). The van der Waals surface area contributed by atoms with Gasteiger partial charge in [0.15, 0.2) is 6.10 Å². The smallest absolute Gasteiger partial charge is 0.332 e. The Bertz CT molecular complexity index is 284. The van der Waals surface area contributed by atoms with Gasteiger partial charge >= 0.3 is 5.97 Å². The second-order valence-corrected chi connectivity index (χ2v) is 2.90. The Kier molecular flexibility index (Phi) is 3.42. The van der Waals surface area contributed by atoms with Gasteiger partial charge in [0.2, 0.25) is 5.91 Å². The third-order valence-corrected chi connectivity index (χ3v) is 1.93. The van der Waals surface area contributed by atoms with Gasteiger partial charge in [0.25, 0.3) is 0 Å². The molecule has 6 heteroatoms. The summed E-state index contributed by atoms with van der Waals surface area (Å²) in [6.45, 7) is -0.0869. The molecule has 0 aromatic heterocycles. The third-order valence-electron chi connectivity index (χ3n) is 1.93. The van der Waals surface area contributed by atoms with Gasteiger partial charge in [0, 0.05) is 0 Å². The van der Waals surface area contributed by atoms with E-state index in [1.54, 1.807) is 6.07 Å². The van der Waals surface area contributed by atoms with E-state index in [-0.39, 0.29) is 6.54 Å². The maximum atomic E-state index is 11.2. The van der Waals surface area contributed by atoms with Gasteiger partial charge in [-0.25, -0.2) is 4.79 Å². The fourth-order valence-corrected chi connectivity index (χ4v) is 1.25. The molecule has 1 heterocycles. The van der Waals surface area contributed by atoms with Crippen LogP contribution >= 0.6 is 0 Å². The average Bonchev–Trinajstić information content (AvgIpc) is 2.62. The van der Waals surface area contributed by atoms with E-state index in [2.05, 4.69) is 5.32 Å². The topological polar surface area (TPSA) is 99.4 Å². The fourth-order valence-electron chi connectivity index (χ4n) is 1.25. The van der Waals surface area contributed by atoms with Crippen molar-refractivity contribution >= 4 is 11.9 Å². The van der Waals surface area contributed by atoms with Crippen LogP contribution in [-0.2, 0) is 14.3 Å². The van der Waals surface area contributed by atoms with Crippen LogP contribution < -0.4 is 5.32 Å². The lowest BCUT2D eigenvalue weighted by Crippen LogP contribution is -2.35. The monoisotopic (exact) mass is 198 g/mol. The molecule has 0 radical (unpaired) electrons. The Morgan fingerprint density at radius 1 is 1.50 bits per heavy atom. The molecule has 1 amide bonds. The zero-order valence-electron chi connectivity index (χ0n) is 7.40. The summed E-state index contributed by atoms with van der Waals surface area (Å²) in [5.74, 6) is -1.48. The molecule has 6 nitrogen and oxygen atoms in total. The van der Waals surface area contributed by atoms with E-state index in [0.29, 0.717) is 12.8 Å². The molecule has 0 bridgehead atoms. The molecule has 1 fully saturated rings. The summed E-state index contributed by atoms with van der Waals surface area (Å²) in [6, 6.07) is 1.75. The summed E-state index contributed by atoms with van der Waals surface area (Å²) in [5.41, 5.74) is 0. The zero-order chi connectivity index (χ0) is 10.6. The number of rotatable bonds is 3. The molecular formula is C8H10N2O4. The summed E-state index contributed by atoms with van der Waals surface area (Å²) in [4.78, 5) is 21.7. The summed E-state index contributed by atoms with van der Waals surface area (Å²) in [6.07, 6.45) is -0.911. The van der Waals surface area contributed by atoms with Crippen LogP contribution in [0.3, 0.4) is 0 Å². The van der Waals surface area contributed by atoms with Crippen molar-refractivity contribution in [3.05, 3.63) is 0 Å². The number of carboxylic acids is 1. The molecule has 0 spiro atoms. The Morgan fingerprint density at radius 2 is 2.14 bits per heavy atom. The van der Waals surface area contributed by atoms with E-state index >= 15 is 0 Å². The van der Waals surface area contributed by atoms with Crippen molar-refractivity contribution in [2.75, 3.05) is 6.54 Å². The first-order valence-electron chi connectivity index (χ1n) is 4.18. The predicted octanol–water partition coefficient (Wildman–Crippen LogP) is -0.742. The highest BCUT2D eigenvalue weighted by Crippen LogP contribution is 2.19. The number of nitrogens with one attached hydrogen (secondary N) is 1. The molecule has 2 atom stereocenters. The molecule has 2 unspecified atom stereocenters. The number of carboxylic acid groups (broad SMARTS) is 1. The number of aliphatic carboxylic acids is 1. The van der Waals surface area contributed by atoms with Gasteiger partial charge in [-0.1, -0.05) is 0 Å². The molecule has 14 heavy (non-hydrogen) atoms. The first-order chi connectivity index (χ1) is 6.65. The van der Waals surface area contributed by atoms with Crippen LogP contribution in [0.2, 0.25) is 0 Å². The number of nitriles is 1. The number of carbonyl (C=O) groups is 2. The van der Waals surface area contributed by atoms with E-state index < -0.39 is 24.1 Å². The van der Waals surface area contributed by atoms with Crippen LogP contribution in [0.15, 0.2) is 0 Å². The first-order valence-corrected chi connectivity index (χ1v) is 4.18. The predicted molar refractivity (Wildman–Crippen MR) is 44.2 cm³/mol. The van der Waals surface area contributed by atoms with Gasteiger partial charge in [-0.2, -0.15) is 5.26 Å². The lowest BCUT2D eigenvalue weighted by molar-refractivity contribution is -0.151. The Balaban J connectivity index is 2.38. The van der Waals surface area contributed by atoms with Crippen molar-refractivity contribution in [3.8, 4) is 6.07 Å². The van der Waals surface area contributed by atoms with E-state index in [1.807, 2.05) is 0 Å². The average molecular weight is 198 g/mol.